The van der Waals surface area contributed by atoms with Crippen LogP contribution in [0.3, 0.4) is 0 Å². The summed E-state index contributed by atoms with van der Waals surface area (Å²) in [5, 5.41) is 9.08. The Bertz CT molecular complexity index is 206. The van der Waals surface area contributed by atoms with Crippen molar-refractivity contribution < 1.29 is 5.11 Å². The van der Waals surface area contributed by atoms with E-state index in [1.807, 2.05) is 0 Å². The number of alkyl halides is 6. The lowest BCUT2D eigenvalue weighted by atomic mass is 10.6. The maximum absolute atomic E-state index is 9.08. The molecule has 78 valence electrons. The molecule has 0 aliphatic rings. The molecule has 13 heavy (non-hydrogen) atoms. The molecule has 0 aromatic heterocycles. The fourth-order valence-electron chi connectivity index (χ4n) is 0.278. The molecule has 0 heterocycles. The minimum absolute atomic E-state index is 0.462. The fraction of sp³-hybridized carbons (Fsp3) is 0.750. The fourth-order valence-corrected chi connectivity index (χ4v) is 0.571. The van der Waals surface area contributed by atoms with E-state index < -0.39 is 19.6 Å². The third kappa shape index (κ3) is 5.57. The summed E-state index contributed by atoms with van der Waals surface area (Å²) < 4.78 is -3.95. The number of nitrogens with zero attached hydrogens (tertiary/aromatic N) is 1. The zero-order chi connectivity index (χ0) is 10.9. The van der Waals surface area contributed by atoms with Gasteiger partial charge >= 0.3 is 0 Å². The van der Waals surface area contributed by atoms with Crippen LogP contribution in [0.15, 0.2) is 4.99 Å². The van der Waals surface area contributed by atoms with E-state index in [0.717, 1.165) is 0 Å². The van der Waals surface area contributed by atoms with Crippen molar-refractivity contribution in [1.29, 1.82) is 0 Å². The number of hydrogen-bond donors (Lipinski definition) is 2. The lowest BCUT2D eigenvalue weighted by molar-refractivity contribution is 0.189. The van der Waals surface area contributed by atoms with Gasteiger partial charge in [-0.1, -0.05) is 69.6 Å². The highest BCUT2D eigenvalue weighted by Crippen LogP contribution is 2.32. The number of rotatable bonds is 1. The lowest BCUT2D eigenvalue weighted by Crippen LogP contribution is -2.33. The molecule has 3 nitrogen and oxygen atoms in total. The van der Waals surface area contributed by atoms with E-state index >= 15 is 0 Å². The number of hydrogen-bond acceptors (Lipinski definition) is 2. The highest BCUT2D eigenvalue weighted by atomic mass is 35.6. The quantitative estimate of drug-likeness (QED) is 0.444. The average Bonchev–Trinajstić information content (AvgIpc) is 1.82. The topological polar surface area (TPSA) is 58.6 Å². The van der Waals surface area contributed by atoms with Gasteiger partial charge in [-0.3, -0.25) is 0 Å². The summed E-state index contributed by atoms with van der Waals surface area (Å²) in [6.45, 7) is 0. The zero-order valence-corrected chi connectivity index (χ0v) is 10.4. The first-order valence-corrected chi connectivity index (χ1v) is 4.97. The Morgan fingerprint density at radius 1 is 1.15 bits per heavy atom. The lowest BCUT2D eigenvalue weighted by Gasteiger charge is -2.17. The van der Waals surface area contributed by atoms with Gasteiger partial charge in [0.15, 0.2) is 6.23 Å². The molecule has 0 aromatic rings. The van der Waals surface area contributed by atoms with Gasteiger partial charge in [0.2, 0.25) is 7.59 Å². The third-order valence-corrected chi connectivity index (χ3v) is 2.01. The van der Waals surface area contributed by atoms with E-state index in [1.54, 1.807) is 0 Å². The minimum Gasteiger partial charge on any atom is -0.384 e. The molecule has 0 saturated carbocycles. The number of nitrogens with two attached hydrogens (primary N) is 1. The molecule has 0 radical (unpaired) electrons. The molecule has 0 aliphatic heterocycles. The average molecular weight is 309 g/mol. The SMILES string of the molecule is NC(=NC(O)C(Cl)(Cl)Cl)C(Cl)(Cl)Cl. The summed E-state index contributed by atoms with van der Waals surface area (Å²) in [7, 11) is 0. The Morgan fingerprint density at radius 3 is 1.77 bits per heavy atom. The molecule has 0 saturated heterocycles. The maximum atomic E-state index is 9.08. The molecule has 0 aliphatic carbocycles. The Morgan fingerprint density at radius 2 is 1.54 bits per heavy atom. The molecule has 1 unspecified atom stereocenters. The molecule has 0 fully saturated rings. The van der Waals surface area contributed by atoms with Crippen molar-refractivity contribution in [3.05, 3.63) is 0 Å². The van der Waals surface area contributed by atoms with E-state index in [2.05, 4.69) is 4.99 Å². The van der Waals surface area contributed by atoms with Crippen LogP contribution in [0.4, 0.5) is 0 Å². The number of amidine groups is 1. The second-order valence-corrected chi connectivity index (χ2v) is 6.58. The van der Waals surface area contributed by atoms with Crippen LogP contribution in [0, 0.1) is 0 Å². The first kappa shape index (κ1) is 14.2. The van der Waals surface area contributed by atoms with Crippen LogP contribution >= 0.6 is 69.6 Å². The van der Waals surface area contributed by atoms with Crippen molar-refractivity contribution in [3.63, 3.8) is 0 Å². The number of aliphatic hydroxyl groups is 1. The predicted molar refractivity (Wildman–Crippen MR) is 58.2 cm³/mol. The van der Waals surface area contributed by atoms with Crippen LogP contribution in [-0.2, 0) is 0 Å². The Balaban J connectivity index is 4.59. The van der Waals surface area contributed by atoms with Crippen molar-refractivity contribution in [2.75, 3.05) is 0 Å². The smallest absolute Gasteiger partial charge is 0.247 e. The molecular formula is C4H4Cl6N2O. The van der Waals surface area contributed by atoms with Gasteiger partial charge in [-0.25, -0.2) is 4.99 Å². The summed E-state index contributed by atoms with van der Waals surface area (Å²) in [6, 6.07) is 0. The molecular weight excluding hydrogens is 305 g/mol. The number of aliphatic imine (C=N–C) groups is 1. The van der Waals surface area contributed by atoms with E-state index in [4.69, 9.17) is 80.4 Å². The Labute approximate surface area is 105 Å². The molecule has 0 aromatic carbocycles. The molecule has 0 bridgehead atoms. The van der Waals surface area contributed by atoms with Gasteiger partial charge in [0, 0.05) is 0 Å². The summed E-state index contributed by atoms with van der Waals surface area (Å²) in [6.07, 6.45) is -1.69. The Kier molecular flexibility index (Phi) is 5.23. The van der Waals surface area contributed by atoms with Crippen LogP contribution < -0.4 is 5.73 Å². The van der Waals surface area contributed by atoms with E-state index in [9.17, 15) is 0 Å². The summed E-state index contributed by atoms with van der Waals surface area (Å²) in [5.41, 5.74) is 5.17. The minimum atomic E-state index is -2.01. The van der Waals surface area contributed by atoms with Crippen molar-refractivity contribution in [2.45, 2.75) is 13.8 Å². The molecule has 0 rings (SSSR count). The van der Waals surface area contributed by atoms with Crippen molar-refractivity contribution >= 4 is 75.4 Å². The standard InChI is InChI=1S/C4H4Cl6N2O/c5-3(6,7)1(11)12-2(13)4(8,9)10/h2,13H,(H2,11,12). The van der Waals surface area contributed by atoms with Crippen LogP contribution in [0.5, 0.6) is 0 Å². The van der Waals surface area contributed by atoms with Gasteiger partial charge in [-0.2, -0.15) is 0 Å². The molecule has 0 spiro atoms. The maximum Gasteiger partial charge on any atom is 0.247 e. The third-order valence-electron chi connectivity index (χ3n) is 0.845. The van der Waals surface area contributed by atoms with E-state index in [0.29, 0.717) is 0 Å². The monoisotopic (exact) mass is 306 g/mol. The molecule has 0 amide bonds. The van der Waals surface area contributed by atoms with E-state index in [1.165, 1.54) is 0 Å². The second-order valence-electron chi connectivity index (χ2n) is 1.93. The van der Waals surface area contributed by atoms with Gasteiger partial charge in [0.1, 0.15) is 5.84 Å². The second kappa shape index (κ2) is 4.79. The molecule has 9 heteroatoms. The summed E-state index contributed by atoms with van der Waals surface area (Å²) in [4.78, 5) is 3.28. The largest absolute Gasteiger partial charge is 0.384 e. The molecule has 3 N–H and O–H groups in total. The highest BCUT2D eigenvalue weighted by molar-refractivity contribution is 6.76. The van der Waals surface area contributed by atoms with Crippen LogP contribution in [-0.4, -0.2) is 24.8 Å². The van der Waals surface area contributed by atoms with Crippen molar-refractivity contribution in [2.24, 2.45) is 10.7 Å². The summed E-state index contributed by atoms with van der Waals surface area (Å²) >= 11 is 31.7. The first-order chi connectivity index (χ1) is 5.55. The Hall–Kier alpha value is 1.17. The van der Waals surface area contributed by atoms with Crippen molar-refractivity contribution in [3.8, 4) is 0 Å². The van der Waals surface area contributed by atoms with Gasteiger partial charge in [-0.05, 0) is 0 Å². The van der Waals surface area contributed by atoms with Gasteiger partial charge < -0.3 is 10.8 Å². The zero-order valence-electron chi connectivity index (χ0n) is 5.82. The van der Waals surface area contributed by atoms with Crippen molar-refractivity contribution in [1.82, 2.24) is 0 Å². The first-order valence-electron chi connectivity index (χ1n) is 2.70. The van der Waals surface area contributed by atoms with Crippen LogP contribution in [0.2, 0.25) is 0 Å². The number of aliphatic hydroxyl groups excluding tert-OH is 1. The van der Waals surface area contributed by atoms with E-state index in [-0.39, 0.29) is 0 Å². The normalized spacial score (nSPS) is 17.3. The summed E-state index contributed by atoms with van der Waals surface area (Å²) in [5.74, 6) is -0.462. The highest BCUT2D eigenvalue weighted by Gasteiger charge is 2.33. The van der Waals surface area contributed by atoms with Crippen LogP contribution in [0.25, 0.3) is 0 Å². The van der Waals surface area contributed by atoms with Gasteiger partial charge in [0.05, 0.1) is 0 Å². The van der Waals surface area contributed by atoms with Gasteiger partial charge in [-0.15, -0.1) is 0 Å². The van der Waals surface area contributed by atoms with Gasteiger partial charge in [0.25, 0.3) is 0 Å². The number of halogens is 6. The van der Waals surface area contributed by atoms with Crippen LogP contribution in [0.1, 0.15) is 0 Å². The molecule has 1 atom stereocenters. The predicted octanol–water partition coefficient (Wildman–Crippen LogP) is 2.40.